The van der Waals surface area contributed by atoms with E-state index in [0.717, 1.165) is 31.0 Å². The van der Waals surface area contributed by atoms with E-state index in [1.54, 1.807) is 0 Å². The first-order valence-electron chi connectivity index (χ1n) is 7.47. The lowest BCUT2D eigenvalue weighted by molar-refractivity contribution is 0.154. The smallest absolute Gasteiger partial charge is 0.249 e. The highest BCUT2D eigenvalue weighted by molar-refractivity contribution is 7.91. The summed E-state index contributed by atoms with van der Waals surface area (Å²) in [6.45, 7) is 5.32. The summed E-state index contributed by atoms with van der Waals surface area (Å²) in [5.41, 5.74) is 0. The minimum absolute atomic E-state index is 0.108. The molecule has 120 valence electrons. The predicted octanol–water partition coefficient (Wildman–Crippen LogP) is 1.86. The average Bonchev–Trinajstić information content (AvgIpc) is 2.92. The molecule has 1 unspecified atom stereocenters. The number of nitrogens with one attached hydrogen (secondary N) is 1. The second-order valence-electron chi connectivity index (χ2n) is 5.45. The SMILES string of the molecule is CCCCN1CCCCC1CNc1ncc(S(N)(=O)=O)s1. The van der Waals surface area contributed by atoms with Crippen LogP contribution in [0.25, 0.3) is 0 Å². The Balaban J connectivity index is 1.89. The zero-order valence-corrected chi connectivity index (χ0v) is 14.0. The van der Waals surface area contributed by atoms with E-state index < -0.39 is 10.0 Å². The van der Waals surface area contributed by atoms with Gasteiger partial charge in [0.2, 0.25) is 10.0 Å². The molecule has 1 saturated heterocycles. The van der Waals surface area contributed by atoms with Gasteiger partial charge in [0.25, 0.3) is 0 Å². The van der Waals surface area contributed by atoms with Crippen molar-refractivity contribution in [2.45, 2.75) is 49.3 Å². The summed E-state index contributed by atoms with van der Waals surface area (Å²) in [4.78, 5) is 6.62. The number of sulfonamides is 1. The molecule has 1 aliphatic rings. The van der Waals surface area contributed by atoms with Gasteiger partial charge in [0.1, 0.15) is 0 Å². The van der Waals surface area contributed by atoms with E-state index in [1.165, 1.54) is 38.3 Å². The highest BCUT2D eigenvalue weighted by Crippen LogP contribution is 2.23. The number of hydrogen-bond donors (Lipinski definition) is 2. The minimum Gasteiger partial charge on any atom is -0.360 e. The number of anilines is 1. The van der Waals surface area contributed by atoms with E-state index in [1.807, 2.05) is 0 Å². The fourth-order valence-corrected chi connectivity index (χ4v) is 4.08. The second-order valence-corrected chi connectivity index (χ2v) is 8.27. The molecule has 0 aliphatic carbocycles. The molecule has 6 nitrogen and oxygen atoms in total. The lowest BCUT2D eigenvalue weighted by Crippen LogP contribution is -2.44. The van der Waals surface area contributed by atoms with Crippen LogP contribution in [-0.2, 0) is 10.0 Å². The molecule has 1 aliphatic heterocycles. The molecule has 1 atom stereocenters. The third-order valence-corrected chi connectivity index (χ3v) is 6.16. The summed E-state index contributed by atoms with van der Waals surface area (Å²) < 4.78 is 22.6. The Morgan fingerprint density at radius 1 is 1.52 bits per heavy atom. The summed E-state index contributed by atoms with van der Waals surface area (Å²) in [6, 6.07) is 0.507. The summed E-state index contributed by atoms with van der Waals surface area (Å²) >= 11 is 1.09. The van der Waals surface area contributed by atoms with Gasteiger partial charge in [-0.3, -0.25) is 4.90 Å². The second kappa shape index (κ2) is 7.53. The van der Waals surface area contributed by atoms with E-state index in [-0.39, 0.29) is 4.21 Å². The van der Waals surface area contributed by atoms with Crippen LogP contribution in [0, 0.1) is 0 Å². The van der Waals surface area contributed by atoms with Gasteiger partial charge in [-0.1, -0.05) is 31.1 Å². The molecule has 0 saturated carbocycles. The van der Waals surface area contributed by atoms with Crippen molar-refractivity contribution in [1.82, 2.24) is 9.88 Å². The quantitative estimate of drug-likeness (QED) is 0.795. The summed E-state index contributed by atoms with van der Waals surface area (Å²) in [6.07, 6.45) is 7.47. The van der Waals surface area contributed by atoms with Crippen molar-refractivity contribution < 1.29 is 8.42 Å². The highest BCUT2D eigenvalue weighted by atomic mass is 32.2. The number of primary sulfonamides is 1. The van der Waals surface area contributed by atoms with Gasteiger partial charge >= 0.3 is 0 Å². The van der Waals surface area contributed by atoms with Crippen molar-refractivity contribution in [1.29, 1.82) is 0 Å². The number of aromatic nitrogens is 1. The number of likely N-dealkylation sites (tertiary alicyclic amines) is 1. The first kappa shape index (κ1) is 16.7. The van der Waals surface area contributed by atoms with Crippen LogP contribution in [0.4, 0.5) is 5.13 Å². The number of hydrogen-bond acceptors (Lipinski definition) is 6. The summed E-state index contributed by atoms with van der Waals surface area (Å²) in [5.74, 6) is 0. The minimum atomic E-state index is -3.64. The van der Waals surface area contributed by atoms with Crippen molar-refractivity contribution >= 4 is 26.5 Å². The Morgan fingerprint density at radius 2 is 2.33 bits per heavy atom. The molecular formula is C13H24N4O2S2. The molecule has 0 amide bonds. The normalized spacial score (nSPS) is 20.6. The highest BCUT2D eigenvalue weighted by Gasteiger charge is 2.22. The Labute approximate surface area is 130 Å². The molecule has 0 spiro atoms. The number of nitrogens with zero attached hydrogens (tertiary/aromatic N) is 2. The number of rotatable bonds is 7. The van der Waals surface area contributed by atoms with Gasteiger partial charge in [-0.05, 0) is 32.4 Å². The summed E-state index contributed by atoms with van der Waals surface area (Å²) in [7, 11) is -3.64. The van der Waals surface area contributed by atoms with Crippen LogP contribution >= 0.6 is 11.3 Å². The first-order valence-corrected chi connectivity index (χ1v) is 9.83. The maximum Gasteiger partial charge on any atom is 0.249 e. The molecular weight excluding hydrogens is 308 g/mol. The lowest BCUT2D eigenvalue weighted by atomic mass is 10.0. The van der Waals surface area contributed by atoms with Gasteiger partial charge < -0.3 is 5.32 Å². The van der Waals surface area contributed by atoms with Crippen molar-refractivity contribution in [2.24, 2.45) is 5.14 Å². The zero-order chi connectivity index (χ0) is 15.3. The van der Waals surface area contributed by atoms with Gasteiger partial charge in [-0.25, -0.2) is 18.5 Å². The fraction of sp³-hybridized carbons (Fsp3) is 0.769. The third kappa shape index (κ3) is 4.91. The molecule has 0 radical (unpaired) electrons. The van der Waals surface area contributed by atoms with Gasteiger partial charge in [-0.15, -0.1) is 0 Å². The average molecular weight is 332 g/mol. The van der Waals surface area contributed by atoms with Crippen LogP contribution in [0.2, 0.25) is 0 Å². The molecule has 3 N–H and O–H groups in total. The van der Waals surface area contributed by atoms with Crippen LogP contribution < -0.4 is 10.5 Å². The topological polar surface area (TPSA) is 88.3 Å². The van der Waals surface area contributed by atoms with Crippen molar-refractivity contribution in [3.05, 3.63) is 6.20 Å². The van der Waals surface area contributed by atoms with E-state index >= 15 is 0 Å². The monoisotopic (exact) mass is 332 g/mol. The van der Waals surface area contributed by atoms with Crippen molar-refractivity contribution in [2.75, 3.05) is 25.0 Å². The van der Waals surface area contributed by atoms with Crippen LogP contribution in [0.5, 0.6) is 0 Å². The predicted molar refractivity (Wildman–Crippen MR) is 86.1 cm³/mol. The summed E-state index contributed by atoms with van der Waals surface area (Å²) in [5, 5.41) is 8.98. The standard InChI is InChI=1S/C13H24N4O2S2/c1-2-3-7-17-8-5-4-6-11(17)9-15-13-16-10-12(20-13)21(14,18)19/h10-11H,2-9H2,1H3,(H,15,16)(H2,14,18,19). The molecule has 21 heavy (non-hydrogen) atoms. The van der Waals surface area contributed by atoms with E-state index in [2.05, 4.69) is 22.1 Å². The number of nitrogens with two attached hydrogens (primary N) is 1. The fourth-order valence-electron chi connectivity index (χ4n) is 2.62. The Hall–Kier alpha value is -0.700. The Morgan fingerprint density at radius 3 is 3.00 bits per heavy atom. The van der Waals surface area contributed by atoms with Gasteiger partial charge in [-0.2, -0.15) is 0 Å². The number of unbranched alkanes of at least 4 members (excludes halogenated alkanes) is 1. The Kier molecular flexibility index (Phi) is 5.98. The van der Waals surface area contributed by atoms with Gasteiger partial charge in [0.05, 0.1) is 6.20 Å². The lowest BCUT2D eigenvalue weighted by Gasteiger charge is -2.35. The van der Waals surface area contributed by atoms with E-state index in [9.17, 15) is 8.42 Å². The third-order valence-electron chi connectivity index (χ3n) is 3.80. The van der Waals surface area contributed by atoms with E-state index in [0.29, 0.717) is 11.2 Å². The molecule has 1 aromatic rings. The molecule has 0 bridgehead atoms. The van der Waals surface area contributed by atoms with Crippen molar-refractivity contribution in [3.63, 3.8) is 0 Å². The maximum atomic E-state index is 11.2. The molecule has 1 fully saturated rings. The Bertz CT molecular complexity index is 544. The van der Waals surface area contributed by atoms with Gasteiger partial charge in [0.15, 0.2) is 9.34 Å². The van der Waals surface area contributed by atoms with Crippen LogP contribution in [0.1, 0.15) is 39.0 Å². The molecule has 2 rings (SSSR count). The number of thiazole rings is 1. The van der Waals surface area contributed by atoms with Crippen molar-refractivity contribution in [3.8, 4) is 0 Å². The molecule has 8 heteroatoms. The maximum absolute atomic E-state index is 11.2. The van der Waals surface area contributed by atoms with Crippen LogP contribution in [0.3, 0.4) is 0 Å². The number of piperidine rings is 1. The largest absolute Gasteiger partial charge is 0.360 e. The zero-order valence-electron chi connectivity index (χ0n) is 12.4. The van der Waals surface area contributed by atoms with Crippen LogP contribution in [0.15, 0.2) is 10.4 Å². The van der Waals surface area contributed by atoms with E-state index in [4.69, 9.17) is 5.14 Å². The van der Waals surface area contributed by atoms with Crippen LogP contribution in [-0.4, -0.2) is 44.0 Å². The molecule has 1 aromatic heterocycles. The first-order chi connectivity index (χ1) is 10.0. The molecule has 0 aromatic carbocycles. The molecule has 2 heterocycles. The van der Waals surface area contributed by atoms with Gasteiger partial charge in [0, 0.05) is 12.6 Å².